The number of carbonyl (C=O) groups is 1. The Balaban J connectivity index is 1.90. The monoisotopic (exact) mass is 316 g/mol. The van der Waals surface area contributed by atoms with Crippen molar-refractivity contribution in [2.24, 2.45) is 0 Å². The number of alkyl halides is 3. The number of piperidine rings is 1. The first-order chi connectivity index (χ1) is 10.3. The zero-order valence-corrected chi connectivity index (χ0v) is 12.6. The fourth-order valence-electron chi connectivity index (χ4n) is 2.67. The van der Waals surface area contributed by atoms with Gasteiger partial charge in [0.2, 0.25) is 0 Å². The minimum atomic E-state index is -4.17. The molecule has 0 bridgehead atoms. The van der Waals surface area contributed by atoms with Crippen LogP contribution < -0.4 is 5.32 Å². The zero-order valence-electron chi connectivity index (χ0n) is 12.6. The van der Waals surface area contributed by atoms with Crippen LogP contribution in [0, 0.1) is 13.8 Å². The molecule has 0 aliphatic carbocycles. The van der Waals surface area contributed by atoms with Crippen molar-refractivity contribution in [3.05, 3.63) is 23.3 Å². The molecule has 8 heteroatoms. The number of rotatable bonds is 3. The molecule has 0 atom stereocenters. The summed E-state index contributed by atoms with van der Waals surface area (Å²) in [5.41, 5.74) is 1.64. The third-order valence-electron chi connectivity index (χ3n) is 3.78. The number of aryl methyl sites for hydroxylation is 2. The molecule has 0 unspecified atom stereocenters. The molecule has 1 aliphatic heterocycles. The Kier molecular flexibility index (Phi) is 5.00. The smallest absolute Gasteiger partial charge is 0.349 e. The molecule has 1 saturated heterocycles. The molecule has 0 saturated carbocycles. The number of nitrogens with one attached hydrogen (secondary N) is 1. The van der Waals surface area contributed by atoms with Crippen LogP contribution in [0.3, 0.4) is 0 Å². The van der Waals surface area contributed by atoms with Crippen LogP contribution in [0.5, 0.6) is 0 Å². The lowest BCUT2D eigenvalue weighted by Crippen LogP contribution is -2.47. The Morgan fingerprint density at radius 1 is 1.27 bits per heavy atom. The SMILES string of the molecule is Cc1ncnc(C)c1C(=O)NC1CCN(CC(F)(F)F)CC1. The van der Waals surface area contributed by atoms with Gasteiger partial charge in [-0.3, -0.25) is 9.69 Å². The van der Waals surface area contributed by atoms with Crippen molar-refractivity contribution in [1.29, 1.82) is 0 Å². The lowest BCUT2D eigenvalue weighted by Gasteiger charge is -2.32. The molecule has 2 rings (SSSR count). The molecule has 122 valence electrons. The molecule has 1 fully saturated rings. The highest BCUT2D eigenvalue weighted by Crippen LogP contribution is 2.20. The quantitative estimate of drug-likeness (QED) is 0.924. The van der Waals surface area contributed by atoms with Crippen molar-refractivity contribution < 1.29 is 18.0 Å². The van der Waals surface area contributed by atoms with Gasteiger partial charge in [-0.25, -0.2) is 9.97 Å². The summed E-state index contributed by atoms with van der Waals surface area (Å²) in [4.78, 5) is 21.6. The van der Waals surface area contributed by atoms with Crippen LogP contribution in [0.25, 0.3) is 0 Å². The topological polar surface area (TPSA) is 58.1 Å². The van der Waals surface area contributed by atoms with Crippen LogP contribution in [-0.2, 0) is 0 Å². The van der Waals surface area contributed by atoms with Gasteiger partial charge in [-0.1, -0.05) is 0 Å². The molecule has 1 N–H and O–H groups in total. The number of hydrogen-bond donors (Lipinski definition) is 1. The molecule has 0 aromatic carbocycles. The van der Waals surface area contributed by atoms with Crippen LogP contribution in [0.15, 0.2) is 6.33 Å². The summed E-state index contributed by atoms with van der Waals surface area (Å²) in [5, 5.41) is 2.87. The van der Waals surface area contributed by atoms with Crippen molar-refractivity contribution in [2.75, 3.05) is 19.6 Å². The van der Waals surface area contributed by atoms with E-state index in [-0.39, 0.29) is 11.9 Å². The maximum absolute atomic E-state index is 12.3. The number of likely N-dealkylation sites (tertiary alicyclic amines) is 1. The summed E-state index contributed by atoms with van der Waals surface area (Å²) >= 11 is 0. The van der Waals surface area contributed by atoms with Crippen molar-refractivity contribution in [3.63, 3.8) is 0 Å². The summed E-state index contributed by atoms with van der Waals surface area (Å²) in [6.07, 6.45) is -1.76. The molecule has 0 radical (unpaired) electrons. The van der Waals surface area contributed by atoms with E-state index < -0.39 is 12.7 Å². The van der Waals surface area contributed by atoms with E-state index in [0.717, 1.165) is 0 Å². The highest BCUT2D eigenvalue weighted by molar-refractivity contribution is 5.96. The average molecular weight is 316 g/mol. The Morgan fingerprint density at radius 3 is 2.32 bits per heavy atom. The Labute approximate surface area is 126 Å². The first kappa shape index (κ1) is 16.7. The van der Waals surface area contributed by atoms with Gasteiger partial charge in [-0.2, -0.15) is 13.2 Å². The number of amides is 1. The minimum Gasteiger partial charge on any atom is -0.349 e. The van der Waals surface area contributed by atoms with Gasteiger partial charge >= 0.3 is 6.18 Å². The molecule has 1 aromatic heterocycles. The van der Waals surface area contributed by atoms with Gasteiger partial charge in [-0.05, 0) is 26.7 Å². The number of carbonyl (C=O) groups excluding carboxylic acids is 1. The van der Waals surface area contributed by atoms with E-state index in [1.54, 1.807) is 13.8 Å². The molecule has 1 aromatic rings. The lowest BCUT2D eigenvalue weighted by atomic mass is 10.0. The normalized spacial score (nSPS) is 17.5. The maximum Gasteiger partial charge on any atom is 0.401 e. The van der Waals surface area contributed by atoms with Crippen LogP contribution in [-0.4, -0.2) is 52.6 Å². The van der Waals surface area contributed by atoms with Gasteiger partial charge in [0, 0.05) is 19.1 Å². The van der Waals surface area contributed by atoms with Crippen LogP contribution in [0.4, 0.5) is 13.2 Å². The highest BCUT2D eigenvalue weighted by atomic mass is 19.4. The third kappa shape index (κ3) is 4.40. The van der Waals surface area contributed by atoms with E-state index in [2.05, 4.69) is 15.3 Å². The lowest BCUT2D eigenvalue weighted by molar-refractivity contribution is -0.148. The molecular weight excluding hydrogens is 297 g/mol. The Hall–Kier alpha value is -1.70. The van der Waals surface area contributed by atoms with Crippen molar-refractivity contribution in [1.82, 2.24) is 20.2 Å². The summed E-state index contributed by atoms with van der Waals surface area (Å²) < 4.78 is 37.0. The fourth-order valence-corrected chi connectivity index (χ4v) is 2.67. The fraction of sp³-hybridized carbons (Fsp3) is 0.643. The van der Waals surface area contributed by atoms with Crippen LogP contribution >= 0.6 is 0 Å². The van der Waals surface area contributed by atoms with Gasteiger partial charge in [0.05, 0.1) is 23.5 Å². The van der Waals surface area contributed by atoms with Gasteiger partial charge in [0.15, 0.2) is 0 Å². The van der Waals surface area contributed by atoms with E-state index in [1.807, 2.05) is 0 Å². The van der Waals surface area contributed by atoms with Gasteiger partial charge in [0.1, 0.15) is 6.33 Å². The van der Waals surface area contributed by atoms with Crippen LogP contribution in [0.2, 0.25) is 0 Å². The number of halogens is 3. The molecule has 1 aliphatic rings. The average Bonchev–Trinajstić information content (AvgIpc) is 2.39. The second-order valence-corrected chi connectivity index (χ2v) is 5.56. The largest absolute Gasteiger partial charge is 0.401 e. The van der Waals surface area contributed by atoms with E-state index in [1.165, 1.54) is 11.2 Å². The second kappa shape index (κ2) is 6.60. The summed E-state index contributed by atoms with van der Waals surface area (Å²) in [5.74, 6) is -0.259. The van der Waals surface area contributed by atoms with Crippen LogP contribution in [0.1, 0.15) is 34.6 Å². The van der Waals surface area contributed by atoms with Crippen molar-refractivity contribution in [3.8, 4) is 0 Å². The number of aromatic nitrogens is 2. The first-order valence-corrected chi connectivity index (χ1v) is 7.14. The van der Waals surface area contributed by atoms with E-state index in [9.17, 15) is 18.0 Å². The van der Waals surface area contributed by atoms with Gasteiger partial charge in [0.25, 0.3) is 5.91 Å². The van der Waals surface area contributed by atoms with Crippen molar-refractivity contribution in [2.45, 2.75) is 38.9 Å². The van der Waals surface area contributed by atoms with E-state index in [0.29, 0.717) is 42.9 Å². The van der Waals surface area contributed by atoms with Gasteiger partial charge in [-0.15, -0.1) is 0 Å². The summed E-state index contributed by atoms with van der Waals surface area (Å²) in [6, 6.07) is -0.115. The molecule has 0 spiro atoms. The Morgan fingerprint density at radius 2 is 1.82 bits per heavy atom. The highest BCUT2D eigenvalue weighted by Gasteiger charge is 2.32. The molecular formula is C14H19F3N4O. The second-order valence-electron chi connectivity index (χ2n) is 5.56. The predicted molar refractivity (Wildman–Crippen MR) is 74.5 cm³/mol. The maximum atomic E-state index is 12.3. The van der Waals surface area contributed by atoms with Crippen molar-refractivity contribution >= 4 is 5.91 Å². The molecule has 1 amide bonds. The standard InChI is InChI=1S/C14H19F3N4O/c1-9-12(10(2)19-8-18-9)13(22)20-11-3-5-21(6-4-11)7-14(15,16)17/h8,11H,3-7H2,1-2H3,(H,20,22). The molecule has 2 heterocycles. The summed E-state index contributed by atoms with van der Waals surface area (Å²) in [7, 11) is 0. The molecule has 22 heavy (non-hydrogen) atoms. The zero-order chi connectivity index (χ0) is 16.3. The van der Waals surface area contributed by atoms with Gasteiger partial charge < -0.3 is 5.32 Å². The minimum absolute atomic E-state index is 0.115. The molecule has 5 nitrogen and oxygen atoms in total. The number of nitrogens with zero attached hydrogens (tertiary/aromatic N) is 3. The summed E-state index contributed by atoms with van der Waals surface area (Å²) in [6.45, 7) is 3.23. The predicted octanol–water partition coefficient (Wildman–Crippen LogP) is 1.85. The third-order valence-corrected chi connectivity index (χ3v) is 3.78. The van der Waals surface area contributed by atoms with E-state index in [4.69, 9.17) is 0 Å². The number of hydrogen-bond acceptors (Lipinski definition) is 4. The first-order valence-electron chi connectivity index (χ1n) is 7.14. The Bertz CT molecular complexity index is 519. The van der Waals surface area contributed by atoms with E-state index >= 15 is 0 Å².